The zero-order valence-electron chi connectivity index (χ0n) is 11.0. The highest BCUT2D eigenvalue weighted by atomic mass is 16.5. The number of hydrogen-bond donors (Lipinski definition) is 1. The maximum Gasteiger partial charge on any atom is 0.126 e. The van der Waals surface area contributed by atoms with Crippen LogP contribution >= 0.6 is 0 Å². The lowest BCUT2D eigenvalue weighted by atomic mass is 9.82. The van der Waals surface area contributed by atoms with Crippen molar-refractivity contribution in [3.63, 3.8) is 0 Å². The van der Waals surface area contributed by atoms with Crippen molar-refractivity contribution in [3.05, 3.63) is 23.8 Å². The highest BCUT2D eigenvalue weighted by Crippen LogP contribution is 2.39. The Bertz CT molecular complexity index is 450. The Morgan fingerprint density at radius 2 is 2.39 bits per heavy atom. The van der Waals surface area contributed by atoms with E-state index in [2.05, 4.69) is 18.2 Å². The second-order valence-corrected chi connectivity index (χ2v) is 5.02. The van der Waals surface area contributed by atoms with Gasteiger partial charge in [0.1, 0.15) is 11.5 Å². The summed E-state index contributed by atoms with van der Waals surface area (Å²) in [6.07, 6.45) is 6.18. The lowest BCUT2D eigenvalue weighted by Crippen LogP contribution is -2.41. The molecule has 0 fully saturated rings. The summed E-state index contributed by atoms with van der Waals surface area (Å²) in [6, 6.07) is 5.92. The van der Waals surface area contributed by atoms with Gasteiger partial charge in [-0.05, 0) is 18.6 Å². The summed E-state index contributed by atoms with van der Waals surface area (Å²) >= 11 is 0. The summed E-state index contributed by atoms with van der Waals surface area (Å²) in [6.45, 7) is 4.33. The molecule has 0 saturated carbocycles. The fourth-order valence-electron chi connectivity index (χ4n) is 2.33. The minimum absolute atomic E-state index is 0.0541. The van der Waals surface area contributed by atoms with Crippen molar-refractivity contribution in [3.8, 4) is 23.8 Å². The molecule has 3 nitrogen and oxygen atoms in total. The van der Waals surface area contributed by atoms with E-state index in [1.165, 1.54) is 0 Å². The van der Waals surface area contributed by atoms with Gasteiger partial charge in [-0.3, -0.25) is 0 Å². The molecule has 1 N–H and O–H groups in total. The SMILES string of the molecule is C#CCNC[C@]1(C)COc2cccc(OC)c2C1. The van der Waals surface area contributed by atoms with Crippen LogP contribution in [0.2, 0.25) is 0 Å². The number of hydrogen-bond acceptors (Lipinski definition) is 3. The third-order valence-corrected chi connectivity index (χ3v) is 3.27. The molecule has 1 aromatic carbocycles. The molecule has 1 aliphatic rings. The third-order valence-electron chi connectivity index (χ3n) is 3.27. The van der Waals surface area contributed by atoms with Gasteiger partial charge < -0.3 is 14.8 Å². The molecule has 0 aromatic heterocycles. The largest absolute Gasteiger partial charge is 0.496 e. The first kappa shape index (κ1) is 12.8. The quantitative estimate of drug-likeness (QED) is 0.649. The van der Waals surface area contributed by atoms with Gasteiger partial charge in [0, 0.05) is 17.5 Å². The second-order valence-electron chi connectivity index (χ2n) is 5.02. The molecule has 1 aromatic rings. The van der Waals surface area contributed by atoms with Crippen molar-refractivity contribution >= 4 is 0 Å². The van der Waals surface area contributed by atoms with Crippen LogP contribution < -0.4 is 14.8 Å². The van der Waals surface area contributed by atoms with Crippen LogP contribution in [0.25, 0.3) is 0 Å². The minimum Gasteiger partial charge on any atom is -0.496 e. The highest BCUT2D eigenvalue weighted by molar-refractivity contribution is 5.46. The average Bonchev–Trinajstić information content (AvgIpc) is 2.38. The molecule has 2 rings (SSSR count). The van der Waals surface area contributed by atoms with Crippen molar-refractivity contribution in [2.45, 2.75) is 13.3 Å². The van der Waals surface area contributed by atoms with Crippen molar-refractivity contribution in [1.29, 1.82) is 0 Å². The molecular formula is C15H19NO2. The standard InChI is InChI=1S/C15H19NO2/c1-4-8-16-10-15(2)9-12-13(17-3)6-5-7-14(12)18-11-15/h1,5-7,16H,8-11H2,2-3H3/t15-/m1/s1. The highest BCUT2D eigenvalue weighted by Gasteiger charge is 2.32. The molecule has 1 atom stereocenters. The van der Waals surface area contributed by atoms with Crippen molar-refractivity contribution in [2.75, 3.05) is 26.8 Å². The summed E-state index contributed by atoms with van der Waals surface area (Å²) in [5, 5.41) is 3.26. The number of fused-ring (bicyclic) bond motifs is 1. The Morgan fingerprint density at radius 3 is 3.11 bits per heavy atom. The van der Waals surface area contributed by atoms with Gasteiger partial charge in [0.15, 0.2) is 0 Å². The molecule has 0 amide bonds. The summed E-state index contributed by atoms with van der Waals surface area (Å²) < 4.78 is 11.2. The smallest absolute Gasteiger partial charge is 0.126 e. The normalized spacial score (nSPS) is 21.6. The van der Waals surface area contributed by atoms with Gasteiger partial charge in [0.25, 0.3) is 0 Å². The Morgan fingerprint density at radius 1 is 1.56 bits per heavy atom. The van der Waals surface area contributed by atoms with Crippen LogP contribution in [0.15, 0.2) is 18.2 Å². The Labute approximate surface area is 108 Å². The van der Waals surface area contributed by atoms with E-state index in [1.54, 1.807) is 7.11 Å². The zero-order chi connectivity index (χ0) is 13.0. The number of rotatable bonds is 4. The maximum atomic E-state index is 5.84. The Hall–Kier alpha value is -1.66. The van der Waals surface area contributed by atoms with Crippen LogP contribution in [-0.4, -0.2) is 26.8 Å². The number of ether oxygens (including phenoxy) is 2. The van der Waals surface area contributed by atoms with Gasteiger partial charge in [-0.15, -0.1) is 6.42 Å². The lowest BCUT2D eigenvalue weighted by Gasteiger charge is -2.35. The van der Waals surface area contributed by atoms with E-state index in [9.17, 15) is 0 Å². The molecule has 0 unspecified atom stereocenters. The summed E-state index contributed by atoms with van der Waals surface area (Å²) in [7, 11) is 1.69. The second kappa shape index (κ2) is 5.32. The van der Waals surface area contributed by atoms with Crippen LogP contribution in [0.4, 0.5) is 0 Å². The number of nitrogens with one attached hydrogen (secondary N) is 1. The minimum atomic E-state index is 0.0541. The number of methoxy groups -OCH3 is 1. The molecule has 18 heavy (non-hydrogen) atoms. The van der Waals surface area contributed by atoms with E-state index < -0.39 is 0 Å². The van der Waals surface area contributed by atoms with E-state index >= 15 is 0 Å². The molecule has 1 aliphatic heterocycles. The van der Waals surface area contributed by atoms with E-state index in [1.807, 2.05) is 18.2 Å². The van der Waals surface area contributed by atoms with Crippen molar-refractivity contribution < 1.29 is 9.47 Å². The Kier molecular flexibility index (Phi) is 3.78. The monoisotopic (exact) mass is 245 g/mol. The average molecular weight is 245 g/mol. The van der Waals surface area contributed by atoms with Crippen molar-refractivity contribution in [2.24, 2.45) is 5.41 Å². The van der Waals surface area contributed by atoms with Gasteiger partial charge in [-0.25, -0.2) is 0 Å². The molecule has 0 spiro atoms. The fraction of sp³-hybridized carbons (Fsp3) is 0.467. The number of terminal acetylenes is 1. The van der Waals surface area contributed by atoms with Gasteiger partial charge in [0.2, 0.25) is 0 Å². The molecule has 96 valence electrons. The molecule has 0 saturated heterocycles. The molecule has 3 heteroatoms. The van der Waals surface area contributed by atoms with Gasteiger partial charge in [0.05, 0.1) is 20.3 Å². The molecule has 0 bridgehead atoms. The van der Waals surface area contributed by atoms with E-state index in [4.69, 9.17) is 15.9 Å². The molecule has 1 heterocycles. The van der Waals surface area contributed by atoms with E-state index in [0.717, 1.165) is 30.0 Å². The number of benzene rings is 1. The molecule has 0 aliphatic carbocycles. The summed E-state index contributed by atoms with van der Waals surface area (Å²) in [5.74, 6) is 4.42. The first-order valence-electron chi connectivity index (χ1n) is 6.11. The predicted octanol–water partition coefficient (Wildman–Crippen LogP) is 1.86. The first-order valence-corrected chi connectivity index (χ1v) is 6.11. The molecular weight excluding hydrogens is 226 g/mol. The van der Waals surface area contributed by atoms with Crippen LogP contribution in [0.5, 0.6) is 11.5 Å². The lowest BCUT2D eigenvalue weighted by molar-refractivity contribution is 0.134. The topological polar surface area (TPSA) is 30.5 Å². The molecule has 0 radical (unpaired) electrons. The van der Waals surface area contributed by atoms with Crippen LogP contribution in [0.3, 0.4) is 0 Å². The van der Waals surface area contributed by atoms with E-state index in [-0.39, 0.29) is 5.41 Å². The van der Waals surface area contributed by atoms with E-state index in [0.29, 0.717) is 13.2 Å². The zero-order valence-corrected chi connectivity index (χ0v) is 11.0. The van der Waals surface area contributed by atoms with Crippen LogP contribution in [0, 0.1) is 17.8 Å². The van der Waals surface area contributed by atoms with Gasteiger partial charge in [-0.1, -0.05) is 18.9 Å². The summed E-state index contributed by atoms with van der Waals surface area (Å²) in [4.78, 5) is 0. The summed E-state index contributed by atoms with van der Waals surface area (Å²) in [5.41, 5.74) is 1.20. The third kappa shape index (κ3) is 2.60. The Balaban J connectivity index is 2.15. The predicted molar refractivity (Wildman–Crippen MR) is 72.0 cm³/mol. The van der Waals surface area contributed by atoms with Crippen molar-refractivity contribution in [1.82, 2.24) is 5.32 Å². The van der Waals surface area contributed by atoms with Gasteiger partial charge in [-0.2, -0.15) is 0 Å². The maximum absolute atomic E-state index is 5.84. The van der Waals surface area contributed by atoms with Crippen LogP contribution in [0.1, 0.15) is 12.5 Å². The van der Waals surface area contributed by atoms with Crippen LogP contribution in [-0.2, 0) is 6.42 Å². The van der Waals surface area contributed by atoms with Gasteiger partial charge >= 0.3 is 0 Å². The fourth-order valence-corrected chi connectivity index (χ4v) is 2.33. The first-order chi connectivity index (χ1) is 8.68.